The van der Waals surface area contributed by atoms with E-state index in [0.29, 0.717) is 18.1 Å². The summed E-state index contributed by atoms with van der Waals surface area (Å²) in [6, 6.07) is 9.31. The number of hydrogen-bond acceptors (Lipinski definition) is 5. The third-order valence-corrected chi connectivity index (χ3v) is 4.53. The van der Waals surface area contributed by atoms with Crippen molar-refractivity contribution in [3.63, 3.8) is 0 Å². The molecule has 1 aromatic carbocycles. The lowest BCUT2D eigenvalue weighted by Gasteiger charge is -2.15. The highest BCUT2D eigenvalue weighted by molar-refractivity contribution is 5.93. The molecule has 1 aliphatic carbocycles. The van der Waals surface area contributed by atoms with E-state index in [9.17, 15) is 4.79 Å². The first-order valence-corrected chi connectivity index (χ1v) is 9.92. The van der Waals surface area contributed by atoms with Gasteiger partial charge in [-0.2, -0.15) is 0 Å². The van der Waals surface area contributed by atoms with Crippen LogP contribution in [0.2, 0.25) is 0 Å². The largest absolute Gasteiger partial charge is 0.489 e. The molecule has 3 rings (SSSR count). The normalized spacial score (nSPS) is 13.8. The van der Waals surface area contributed by atoms with E-state index in [0.717, 1.165) is 30.7 Å². The third-order valence-electron chi connectivity index (χ3n) is 4.53. The van der Waals surface area contributed by atoms with Crippen molar-refractivity contribution in [1.82, 2.24) is 15.3 Å². The SMILES string of the molecule is CC(C)Oc1ccccc1Nc1cc(C(=O)NCCC2=CCCCC2)ncn1. The number of amides is 1. The summed E-state index contributed by atoms with van der Waals surface area (Å²) in [5, 5.41) is 6.17. The molecule has 0 radical (unpaired) electrons. The fraction of sp³-hybridized carbons (Fsp3) is 0.409. The van der Waals surface area contributed by atoms with Crippen molar-refractivity contribution in [2.45, 2.75) is 52.1 Å². The highest BCUT2D eigenvalue weighted by Crippen LogP contribution is 2.27. The van der Waals surface area contributed by atoms with Crippen LogP contribution in [0.4, 0.5) is 11.5 Å². The van der Waals surface area contributed by atoms with E-state index >= 15 is 0 Å². The molecule has 0 saturated heterocycles. The van der Waals surface area contributed by atoms with Gasteiger partial charge in [-0.15, -0.1) is 0 Å². The van der Waals surface area contributed by atoms with Crippen LogP contribution in [0.3, 0.4) is 0 Å². The second kappa shape index (κ2) is 9.88. The summed E-state index contributed by atoms with van der Waals surface area (Å²) in [6.45, 7) is 4.59. The van der Waals surface area contributed by atoms with Gasteiger partial charge in [0.15, 0.2) is 0 Å². The zero-order chi connectivity index (χ0) is 19.8. The first kappa shape index (κ1) is 19.9. The van der Waals surface area contributed by atoms with Gasteiger partial charge in [0.2, 0.25) is 0 Å². The molecule has 6 heteroatoms. The number of carbonyl (C=O) groups excluding carboxylic acids is 1. The third kappa shape index (κ3) is 5.81. The van der Waals surface area contributed by atoms with Gasteiger partial charge >= 0.3 is 0 Å². The topological polar surface area (TPSA) is 76.1 Å². The maximum Gasteiger partial charge on any atom is 0.270 e. The van der Waals surface area contributed by atoms with Gasteiger partial charge in [-0.3, -0.25) is 4.79 Å². The van der Waals surface area contributed by atoms with E-state index in [-0.39, 0.29) is 12.0 Å². The van der Waals surface area contributed by atoms with Crippen LogP contribution in [0.5, 0.6) is 5.75 Å². The van der Waals surface area contributed by atoms with E-state index in [2.05, 4.69) is 26.7 Å². The number of para-hydroxylation sites is 2. The molecule has 1 amide bonds. The van der Waals surface area contributed by atoms with Gasteiger partial charge < -0.3 is 15.4 Å². The maximum atomic E-state index is 12.4. The number of nitrogens with one attached hydrogen (secondary N) is 2. The smallest absolute Gasteiger partial charge is 0.270 e. The number of carbonyl (C=O) groups is 1. The van der Waals surface area contributed by atoms with Gasteiger partial charge in [-0.05, 0) is 58.1 Å². The zero-order valence-corrected chi connectivity index (χ0v) is 16.6. The number of ether oxygens (including phenoxy) is 1. The maximum absolute atomic E-state index is 12.4. The van der Waals surface area contributed by atoms with Crippen molar-refractivity contribution < 1.29 is 9.53 Å². The molecule has 0 saturated carbocycles. The van der Waals surface area contributed by atoms with Gasteiger partial charge in [0.1, 0.15) is 23.6 Å². The van der Waals surface area contributed by atoms with Crippen molar-refractivity contribution in [2.75, 3.05) is 11.9 Å². The van der Waals surface area contributed by atoms with Gasteiger partial charge in [0.25, 0.3) is 5.91 Å². The minimum atomic E-state index is -0.187. The molecule has 6 nitrogen and oxygen atoms in total. The van der Waals surface area contributed by atoms with Crippen LogP contribution in [0.15, 0.2) is 48.3 Å². The van der Waals surface area contributed by atoms with Gasteiger partial charge in [-0.1, -0.05) is 23.8 Å². The Kier molecular flexibility index (Phi) is 7.00. The highest BCUT2D eigenvalue weighted by atomic mass is 16.5. The lowest BCUT2D eigenvalue weighted by atomic mass is 9.97. The average molecular weight is 380 g/mol. The first-order chi connectivity index (χ1) is 13.6. The van der Waals surface area contributed by atoms with Crippen LogP contribution in [0.25, 0.3) is 0 Å². The van der Waals surface area contributed by atoms with Gasteiger partial charge in [0, 0.05) is 12.6 Å². The molecule has 0 atom stereocenters. The monoisotopic (exact) mass is 380 g/mol. The number of aromatic nitrogens is 2. The van der Waals surface area contributed by atoms with E-state index in [1.165, 1.54) is 24.7 Å². The summed E-state index contributed by atoms with van der Waals surface area (Å²) in [6.07, 6.45) is 9.50. The Morgan fingerprint density at radius 1 is 1.21 bits per heavy atom. The van der Waals surface area contributed by atoms with Crippen LogP contribution in [-0.2, 0) is 0 Å². The van der Waals surface area contributed by atoms with Gasteiger partial charge in [-0.25, -0.2) is 9.97 Å². The highest BCUT2D eigenvalue weighted by Gasteiger charge is 2.11. The quantitative estimate of drug-likeness (QED) is 0.653. The second-order valence-electron chi connectivity index (χ2n) is 7.19. The van der Waals surface area contributed by atoms with E-state index in [1.807, 2.05) is 38.1 Å². The van der Waals surface area contributed by atoms with Crippen LogP contribution in [0, 0.1) is 0 Å². The van der Waals surface area contributed by atoms with Gasteiger partial charge in [0.05, 0.1) is 11.8 Å². The lowest BCUT2D eigenvalue weighted by molar-refractivity contribution is 0.0949. The van der Waals surface area contributed by atoms with Crippen LogP contribution >= 0.6 is 0 Å². The predicted octanol–water partition coefficient (Wildman–Crippen LogP) is 4.63. The molecule has 0 aliphatic heterocycles. The van der Waals surface area contributed by atoms with Crippen molar-refractivity contribution in [2.24, 2.45) is 0 Å². The number of rotatable bonds is 8. The van der Waals surface area contributed by atoms with Crippen molar-refractivity contribution in [3.8, 4) is 5.75 Å². The average Bonchev–Trinajstić information content (AvgIpc) is 2.70. The Morgan fingerprint density at radius 2 is 2.07 bits per heavy atom. The minimum Gasteiger partial charge on any atom is -0.489 e. The molecule has 28 heavy (non-hydrogen) atoms. The van der Waals surface area contributed by atoms with Crippen LogP contribution < -0.4 is 15.4 Å². The molecular weight excluding hydrogens is 352 g/mol. The van der Waals surface area contributed by atoms with Crippen molar-refractivity contribution in [3.05, 3.63) is 54.0 Å². The Balaban J connectivity index is 1.60. The minimum absolute atomic E-state index is 0.0639. The molecule has 1 heterocycles. The summed E-state index contributed by atoms with van der Waals surface area (Å²) >= 11 is 0. The molecule has 148 valence electrons. The molecular formula is C22H28N4O2. The molecule has 0 spiro atoms. The Labute approximate surface area is 166 Å². The Morgan fingerprint density at radius 3 is 2.86 bits per heavy atom. The molecule has 1 aliphatic rings. The predicted molar refractivity (Wildman–Crippen MR) is 111 cm³/mol. The fourth-order valence-electron chi connectivity index (χ4n) is 3.17. The molecule has 2 N–H and O–H groups in total. The van der Waals surface area contributed by atoms with Crippen LogP contribution in [0.1, 0.15) is 56.4 Å². The number of benzene rings is 1. The summed E-state index contributed by atoms with van der Waals surface area (Å²) in [4.78, 5) is 20.8. The van der Waals surface area contributed by atoms with E-state index in [4.69, 9.17) is 4.74 Å². The van der Waals surface area contributed by atoms with E-state index in [1.54, 1.807) is 6.07 Å². The number of hydrogen-bond donors (Lipinski definition) is 2. The lowest BCUT2D eigenvalue weighted by Crippen LogP contribution is -2.26. The standard InChI is InChI=1S/C22H28N4O2/c1-16(2)28-20-11-7-6-10-18(20)26-21-14-19(24-15-25-21)22(27)23-13-12-17-8-4-3-5-9-17/h6-8,10-11,14-16H,3-5,9,12-13H2,1-2H3,(H,23,27)(H,24,25,26). The molecule has 1 aromatic heterocycles. The number of nitrogens with zero attached hydrogens (tertiary/aromatic N) is 2. The Bertz CT molecular complexity index is 833. The molecule has 0 unspecified atom stereocenters. The van der Waals surface area contributed by atoms with Crippen LogP contribution in [-0.4, -0.2) is 28.5 Å². The number of anilines is 2. The number of allylic oxidation sites excluding steroid dienone is 1. The zero-order valence-electron chi connectivity index (χ0n) is 16.6. The fourth-order valence-corrected chi connectivity index (χ4v) is 3.17. The van der Waals surface area contributed by atoms with E-state index < -0.39 is 0 Å². The van der Waals surface area contributed by atoms with Crippen molar-refractivity contribution >= 4 is 17.4 Å². The first-order valence-electron chi connectivity index (χ1n) is 9.92. The molecule has 2 aromatic rings. The molecule has 0 bridgehead atoms. The Hall–Kier alpha value is -2.89. The summed E-state index contributed by atoms with van der Waals surface area (Å²) in [7, 11) is 0. The molecule has 0 fully saturated rings. The summed E-state index contributed by atoms with van der Waals surface area (Å²) in [5.41, 5.74) is 2.58. The summed E-state index contributed by atoms with van der Waals surface area (Å²) < 4.78 is 5.82. The van der Waals surface area contributed by atoms with Crippen molar-refractivity contribution in [1.29, 1.82) is 0 Å². The second-order valence-corrected chi connectivity index (χ2v) is 7.19. The summed E-state index contributed by atoms with van der Waals surface area (Å²) in [5.74, 6) is 1.10.